The van der Waals surface area contributed by atoms with Gasteiger partial charge in [0.05, 0.1) is 17.9 Å². The second-order valence-electron chi connectivity index (χ2n) is 4.29. The lowest BCUT2D eigenvalue weighted by Crippen LogP contribution is -2.19. The van der Waals surface area contributed by atoms with Gasteiger partial charge in [0.15, 0.2) is 0 Å². The van der Waals surface area contributed by atoms with Gasteiger partial charge in [-0.25, -0.2) is 5.01 Å². The van der Waals surface area contributed by atoms with Gasteiger partial charge in [0.1, 0.15) is 0 Å². The number of anilines is 1. The first-order valence-corrected chi connectivity index (χ1v) is 5.31. The minimum Gasteiger partial charge on any atom is -0.398 e. The molecule has 4 heteroatoms. The number of benzene rings is 1. The highest BCUT2D eigenvalue weighted by molar-refractivity contribution is 5.57. The van der Waals surface area contributed by atoms with Crippen molar-refractivity contribution >= 4 is 5.69 Å². The summed E-state index contributed by atoms with van der Waals surface area (Å²) in [7, 11) is 0. The Bertz CT molecular complexity index is 430. The van der Waals surface area contributed by atoms with Gasteiger partial charge in [-0.15, -0.1) is 4.91 Å². The molecule has 15 heavy (non-hydrogen) atoms. The summed E-state index contributed by atoms with van der Waals surface area (Å²) in [4.78, 5) is 10.7. The van der Waals surface area contributed by atoms with E-state index in [4.69, 9.17) is 5.73 Å². The van der Waals surface area contributed by atoms with Crippen molar-refractivity contribution in [2.45, 2.75) is 31.8 Å². The maximum absolute atomic E-state index is 10.7. The lowest BCUT2D eigenvalue weighted by atomic mass is 9.86. The molecule has 2 aliphatic rings. The van der Waals surface area contributed by atoms with Crippen LogP contribution in [0.25, 0.3) is 0 Å². The summed E-state index contributed by atoms with van der Waals surface area (Å²) in [5.74, 6) is 0. The Morgan fingerprint density at radius 1 is 1.47 bits per heavy atom. The zero-order valence-corrected chi connectivity index (χ0v) is 8.44. The predicted octanol–water partition coefficient (Wildman–Crippen LogP) is 2.14. The van der Waals surface area contributed by atoms with Gasteiger partial charge in [-0.3, -0.25) is 0 Å². The third-order valence-corrected chi connectivity index (χ3v) is 3.52. The van der Waals surface area contributed by atoms with Crippen LogP contribution in [0.5, 0.6) is 0 Å². The molecule has 1 heterocycles. The van der Waals surface area contributed by atoms with Gasteiger partial charge in [-0.1, -0.05) is 6.07 Å². The molecule has 0 saturated heterocycles. The van der Waals surface area contributed by atoms with Crippen LogP contribution >= 0.6 is 0 Å². The first-order chi connectivity index (χ1) is 7.31. The molecule has 1 unspecified atom stereocenters. The van der Waals surface area contributed by atoms with Crippen LogP contribution in [0.3, 0.4) is 0 Å². The van der Waals surface area contributed by atoms with Crippen molar-refractivity contribution in [1.29, 1.82) is 0 Å². The smallest absolute Gasteiger partial charge is 0.0762 e. The molecule has 0 saturated carbocycles. The summed E-state index contributed by atoms with van der Waals surface area (Å²) in [5, 5.41) is 4.75. The van der Waals surface area contributed by atoms with Crippen molar-refractivity contribution in [2.75, 3.05) is 5.73 Å². The van der Waals surface area contributed by atoms with E-state index >= 15 is 0 Å². The van der Waals surface area contributed by atoms with Gasteiger partial charge in [0.2, 0.25) is 0 Å². The SMILES string of the molecule is Nc1ccc2c3c1CCCC3N(N=O)C2. The van der Waals surface area contributed by atoms with E-state index in [9.17, 15) is 4.91 Å². The average Bonchev–Trinajstić information content (AvgIpc) is 2.64. The minimum absolute atomic E-state index is 0.185. The molecule has 3 rings (SSSR count). The molecule has 0 amide bonds. The third-order valence-electron chi connectivity index (χ3n) is 3.52. The zero-order chi connectivity index (χ0) is 10.4. The second-order valence-corrected chi connectivity index (χ2v) is 4.29. The minimum atomic E-state index is 0.185. The highest BCUT2D eigenvalue weighted by Gasteiger charge is 2.35. The van der Waals surface area contributed by atoms with Gasteiger partial charge < -0.3 is 5.73 Å². The van der Waals surface area contributed by atoms with Crippen LogP contribution < -0.4 is 5.73 Å². The third kappa shape index (κ3) is 1.07. The molecule has 0 aromatic heterocycles. The first kappa shape index (κ1) is 8.71. The summed E-state index contributed by atoms with van der Waals surface area (Å²) in [6, 6.07) is 4.16. The van der Waals surface area contributed by atoms with Crippen LogP contribution in [0.15, 0.2) is 17.4 Å². The van der Waals surface area contributed by atoms with E-state index in [0.29, 0.717) is 6.54 Å². The highest BCUT2D eigenvalue weighted by Crippen LogP contribution is 2.44. The van der Waals surface area contributed by atoms with Gasteiger partial charge in [0.25, 0.3) is 0 Å². The molecule has 1 aromatic carbocycles. The van der Waals surface area contributed by atoms with Crippen molar-refractivity contribution in [3.05, 3.63) is 33.7 Å². The monoisotopic (exact) mass is 203 g/mol. The molecule has 1 atom stereocenters. The van der Waals surface area contributed by atoms with Crippen LogP contribution in [-0.4, -0.2) is 5.01 Å². The number of nitrogens with zero attached hydrogens (tertiary/aromatic N) is 2. The molecular weight excluding hydrogens is 190 g/mol. The molecule has 4 nitrogen and oxygen atoms in total. The lowest BCUT2D eigenvalue weighted by Gasteiger charge is -2.25. The molecular formula is C11H13N3O. The second kappa shape index (κ2) is 2.95. The molecule has 0 bridgehead atoms. The Balaban J connectivity index is 2.19. The molecule has 78 valence electrons. The van der Waals surface area contributed by atoms with Crippen LogP contribution in [0.1, 0.15) is 35.6 Å². The van der Waals surface area contributed by atoms with Gasteiger partial charge in [-0.05, 0) is 42.0 Å². The van der Waals surface area contributed by atoms with Crippen LogP contribution in [0.2, 0.25) is 0 Å². The van der Waals surface area contributed by atoms with Crippen LogP contribution in [0.4, 0.5) is 5.69 Å². The summed E-state index contributed by atoms with van der Waals surface area (Å²) in [6.45, 7) is 0.650. The number of rotatable bonds is 1. The van der Waals surface area contributed by atoms with Crippen molar-refractivity contribution in [3.63, 3.8) is 0 Å². The maximum Gasteiger partial charge on any atom is 0.0762 e. The fourth-order valence-electron chi connectivity index (χ4n) is 2.85. The standard InChI is InChI=1S/C11H13N3O/c12-9-5-4-7-6-14(13-15)10-3-1-2-8(9)11(7)10/h4-5,10H,1-3,6,12H2. The summed E-state index contributed by atoms with van der Waals surface area (Å²) in [5.41, 5.74) is 10.6. The molecule has 1 aliphatic heterocycles. The van der Waals surface area contributed by atoms with Crippen molar-refractivity contribution in [2.24, 2.45) is 5.29 Å². The fraction of sp³-hybridized carbons (Fsp3) is 0.455. The topological polar surface area (TPSA) is 58.7 Å². The Morgan fingerprint density at radius 3 is 3.13 bits per heavy atom. The van der Waals surface area contributed by atoms with Crippen molar-refractivity contribution in [3.8, 4) is 0 Å². The average molecular weight is 203 g/mol. The van der Waals surface area contributed by atoms with E-state index in [1.165, 1.54) is 16.7 Å². The van der Waals surface area contributed by atoms with E-state index in [2.05, 4.69) is 5.29 Å². The van der Waals surface area contributed by atoms with E-state index in [0.717, 1.165) is 24.9 Å². The van der Waals surface area contributed by atoms with E-state index in [1.807, 2.05) is 12.1 Å². The predicted molar refractivity (Wildman–Crippen MR) is 57.9 cm³/mol. The Morgan fingerprint density at radius 2 is 2.33 bits per heavy atom. The highest BCUT2D eigenvalue weighted by atomic mass is 16.3. The molecule has 1 aromatic rings. The number of nitrogen functional groups attached to an aromatic ring is 1. The molecule has 0 fully saturated rings. The number of hydrogen-bond acceptors (Lipinski definition) is 3. The Kier molecular flexibility index (Phi) is 1.71. The van der Waals surface area contributed by atoms with Gasteiger partial charge >= 0.3 is 0 Å². The van der Waals surface area contributed by atoms with E-state index in [1.54, 1.807) is 5.01 Å². The van der Waals surface area contributed by atoms with Crippen LogP contribution in [-0.2, 0) is 13.0 Å². The lowest BCUT2D eigenvalue weighted by molar-refractivity contribution is 0.203. The quantitative estimate of drug-likeness (QED) is 0.562. The summed E-state index contributed by atoms with van der Waals surface area (Å²) in [6.07, 6.45) is 3.16. The first-order valence-electron chi connectivity index (χ1n) is 5.31. The Labute approximate surface area is 88.0 Å². The maximum atomic E-state index is 10.7. The van der Waals surface area contributed by atoms with E-state index in [-0.39, 0.29) is 6.04 Å². The van der Waals surface area contributed by atoms with Crippen molar-refractivity contribution in [1.82, 2.24) is 5.01 Å². The zero-order valence-electron chi connectivity index (χ0n) is 8.44. The summed E-state index contributed by atoms with van der Waals surface area (Å²) < 4.78 is 0. The number of hydrogen-bond donors (Lipinski definition) is 1. The summed E-state index contributed by atoms with van der Waals surface area (Å²) >= 11 is 0. The molecule has 1 aliphatic carbocycles. The largest absolute Gasteiger partial charge is 0.398 e. The van der Waals surface area contributed by atoms with Crippen LogP contribution in [0, 0.1) is 4.91 Å². The normalized spacial score (nSPS) is 22.7. The number of nitroso groups, excluding NO2 is 1. The number of nitrogens with two attached hydrogens (primary N) is 1. The molecule has 0 radical (unpaired) electrons. The molecule has 0 spiro atoms. The Hall–Kier alpha value is -1.58. The van der Waals surface area contributed by atoms with Crippen molar-refractivity contribution < 1.29 is 0 Å². The molecule has 2 N–H and O–H groups in total. The van der Waals surface area contributed by atoms with Gasteiger partial charge in [-0.2, -0.15) is 0 Å². The van der Waals surface area contributed by atoms with Gasteiger partial charge in [0, 0.05) is 5.69 Å². The fourth-order valence-corrected chi connectivity index (χ4v) is 2.85. The van der Waals surface area contributed by atoms with E-state index < -0.39 is 0 Å².